The SMILES string of the molecule is CC[C@]1(c2ccccn2)Oc2ccc(Cl)c(-c3c(C(N)=O)ccc(OC)c3F)c2[C@@H]1O. The number of primary amides is 1. The number of carbonyl (C=O) groups is 1. The highest BCUT2D eigenvalue weighted by Gasteiger charge is 2.51. The topological polar surface area (TPSA) is 94.7 Å². The summed E-state index contributed by atoms with van der Waals surface area (Å²) in [5.41, 5.74) is 4.98. The molecule has 0 unspecified atom stereocenters. The van der Waals surface area contributed by atoms with Crippen LogP contribution in [0.2, 0.25) is 5.02 Å². The van der Waals surface area contributed by atoms with E-state index in [1.807, 2.05) is 6.92 Å². The van der Waals surface area contributed by atoms with E-state index in [1.54, 1.807) is 30.5 Å². The van der Waals surface area contributed by atoms with Gasteiger partial charge in [-0.2, -0.15) is 0 Å². The van der Waals surface area contributed by atoms with E-state index in [4.69, 9.17) is 26.8 Å². The first-order chi connectivity index (χ1) is 14.9. The highest BCUT2D eigenvalue weighted by Crippen LogP contribution is 2.55. The molecule has 3 aromatic rings. The molecule has 0 saturated heterocycles. The van der Waals surface area contributed by atoms with Crippen molar-refractivity contribution >= 4 is 17.5 Å². The number of aliphatic hydroxyl groups is 1. The number of rotatable bonds is 5. The summed E-state index contributed by atoms with van der Waals surface area (Å²) < 4.78 is 26.7. The van der Waals surface area contributed by atoms with E-state index < -0.39 is 23.4 Å². The molecule has 1 aliphatic heterocycles. The number of halogens is 2. The van der Waals surface area contributed by atoms with Crippen LogP contribution in [0.4, 0.5) is 4.39 Å². The van der Waals surface area contributed by atoms with Crippen molar-refractivity contribution in [1.29, 1.82) is 0 Å². The smallest absolute Gasteiger partial charge is 0.249 e. The highest BCUT2D eigenvalue weighted by atomic mass is 35.5. The summed E-state index contributed by atoms with van der Waals surface area (Å²) in [5.74, 6) is -1.43. The van der Waals surface area contributed by atoms with Crippen LogP contribution in [-0.2, 0) is 5.60 Å². The third-order valence-corrected chi connectivity index (χ3v) is 5.94. The molecule has 0 bridgehead atoms. The zero-order valence-corrected chi connectivity index (χ0v) is 17.6. The van der Waals surface area contributed by atoms with Gasteiger partial charge in [-0.1, -0.05) is 24.6 Å². The largest absolute Gasteiger partial charge is 0.494 e. The Kier molecular flexibility index (Phi) is 5.33. The van der Waals surface area contributed by atoms with Crippen LogP contribution in [0.5, 0.6) is 11.5 Å². The van der Waals surface area contributed by atoms with Gasteiger partial charge in [-0.3, -0.25) is 9.78 Å². The predicted octanol–water partition coefficient (Wildman–Crippen LogP) is 4.38. The average molecular weight is 443 g/mol. The Morgan fingerprint density at radius 3 is 2.68 bits per heavy atom. The molecule has 160 valence electrons. The number of aliphatic hydroxyl groups excluding tert-OH is 1. The fourth-order valence-electron chi connectivity index (χ4n) is 4.09. The molecule has 1 amide bonds. The average Bonchev–Trinajstić information content (AvgIpc) is 3.07. The third kappa shape index (κ3) is 3.12. The minimum Gasteiger partial charge on any atom is -0.494 e. The number of fused-ring (bicyclic) bond motifs is 1. The molecule has 1 aliphatic rings. The maximum atomic E-state index is 15.4. The van der Waals surface area contributed by atoms with Gasteiger partial charge in [0.2, 0.25) is 5.91 Å². The Bertz CT molecular complexity index is 1170. The normalized spacial score (nSPS) is 19.6. The number of pyridine rings is 1. The molecule has 3 N–H and O–H groups in total. The van der Waals surface area contributed by atoms with Crippen LogP contribution in [0.1, 0.15) is 41.1 Å². The molecular formula is C23H20ClFN2O4. The van der Waals surface area contributed by atoms with Crippen LogP contribution in [-0.4, -0.2) is 23.1 Å². The second-order valence-corrected chi connectivity index (χ2v) is 7.57. The van der Waals surface area contributed by atoms with Crippen molar-refractivity contribution < 1.29 is 23.8 Å². The van der Waals surface area contributed by atoms with Crippen LogP contribution in [0.3, 0.4) is 0 Å². The Morgan fingerprint density at radius 2 is 2.06 bits per heavy atom. The van der Waals surface area contributed by atoms with Crippen LogP contribution < -0.4 is 15.2 Å². The Balaban J connectivity index is 2.02. The molecule has 2 aromatic carbocycles. The summed E-state index contributed by atoms with van der Waals surface area (Å²) in [6.07, 6.45) is 0.745. The van der Waals surface area contributed by atoms with Crippen molar-refractivity contribution in [2.75, 3.05) is 7.11 Å². The molecule has 0 radical (unpaired) electrons. The van der Waals surface area contributed by atoms with Gasteiger partial charge in [-0.15, -0.1) is 0 Å². The lowest BCUT2D eigenvalue weighted by atomic mass is 9.83. The quantitative estimate of drug-likeness (QED) is 0.611. The number of aromatic nitrogens is 1. The second kappa shape index (κ2) is 7.83. The van der Waals surface area contributed by atoms with Gasteiger partial charge < -0.3 is 20.3 Å². The van der Waals surface area contributed by atoms with Gasteiger partial charge in [0.05, 0.1) is 18.4 Å². The van der Waals surface area contributed by atoms with Gasteiger partial charge in [0.1, 0.15) is 11.9 Å². The van der Waals surface area contributed by atoms with E-state index in [9.17, 15) is 9.90 Å². The van der Waals surface area contributed by atoms with Gasteiger partial charge in [0, 0.05) is 27.9 Å². The number of methoxy groups -OCH3 is 1. The van der Waals surface area contributed by atoms with Crippen molar-refractivity contribution in [2.24, 2.45) is 5.73 Å². The van der Waals surface area contributed by atoms with Crippen LogP contribution in [0, 0.1) is 5.82 Å². The fourth-order valence-corrected chi connectivity index (χ4v) is 4.35. The van der Waals surface area contributed by atoms with E-state index in [2.05, 4.69) is 4.98 Å². The standard InChI is InChI=1S/C23H20ClFN2O4/c1-3-23(16-6-4-5-11-27-16)21(28)19-14(31-23)10-8-13(24)18(19)17-12(22(26)29)7-9-15(30-2)20(17)25/h4-11,21,28H,3H2,1-2H3,(H2,26,29)/t21-,23+/m0/s1. The number of hydrogen-bond donors (Lipinski definition) is 2. The molecule has 0 spiro atoms. The van der Waals surface area contributed by atoms with Crippen LogP contribution in [0.15, 0.2) is 48.7 Å². The molecule has 2 heterocycles. The van der Waals surface area contributed by atoms with Crippen LogP contribution in [0.25, 0.3) is 11.1 Å². The molecular weight excluding hydrogens is 423 g/mol. The van der Waals surface area contributed by atoms with E-state index in [0.717, 1.165) is 0 Å². The Labute approximate surface area is 183 Å². The second-order valence-electron chi connectivity index (χ2n) is 7.17. The number of nitrogens with zero attached hydrogens (tertiary/aromatic N) is 1. The van der Waals surface area contributed by atoms with Crippen LogP contribution >= 0.6 is 11.6 Å². The Morgan fingerprint density at radius 1 is 1.29 bits per heavy atom. The van der Waals surface area contributed by atoms with E-state index in [1.165, 1.54) is 25.3 Å². The first kappa shape index (κ1) is 21.1. The number of benzene rings is 2. The van der Waals surface area contributed by atoms with Gasteiger partial charge in [-0.05, 0) is 42.8 Å². The molecule has 0 saturated carbocycles. The summed E-state index contributed by atoms with van der Waals surface area (Å²) >= 11 is 6.49. The maximum Gasteiger partial charge on any atom is 0.249 e. The number of amides is 1. The van der Waals surface area contributed by atoms with E-state index >= 15 is 4.39 Å². The van der Waals surface area contributed by atoms with Crippen molar-refractivity contribution in [1.82, 2.24) is 4.98 Å². The van der Waals surface area contributed by atoms with Gasteiger partial charge in [-0.25, -0.2) is 4.39 Å². The monoisotopic (exact) mass is 442 g/mol. The predicted molar refractivity (Wildman–Crippen MR) is 114 cm³/mol. The van der Waals surface area contributed by atoms with Gasteiger partial charge in [0.25, 0.3) is 0 Å². The maximum absolute atomic E-state index is 15.4. The molecule has 1 aromatic heterocycles. The van der Waals surface area contributed by atoms with E-state index in [0.29, 0.717) is 17.9 Å². The Hall–Kier alpha value is -3.16. The molecule has 0 fully saturated rings. The molecule has 0 aliphatic carbocycles. The highest BCUT2D eigenvalue weighted by molar-refractivity contribution is 6.34. The summed E-state index contributed by atoms with van der Waals surface area (Å²) in [6.45, 7) is 1.85. The molecule has 8 heteroatoms. The van der Waals surface area contributed by atoms with Gasteiger partial charge >= 0.3 is 0 Å². The van der Waals surface area contributed by atoms with Crippen molar-refractivity contribution in [3.63, 3.8) is 0 Å². The van der Waals surface area contributed by atoms with Gasteiger partial charge in [0.15, 0.2) is 17.2 Å². The van der Waals surface area contributed by atoms with Crippen molar-refractivity contribution in [2.45, 2.75) is 25.0 Å². The number of hydrogen-bond acceptors (Lipinski definition) is 5. The summed E-state index contributed by atoms with van der Waals surface area (Å²) in [7, 11) is 1.31. The molecule has 6 nitrogen and oxygen atoms in total. The number of ether oxygens (including phenoxy) is 2. The van der Waals surface area contributed by atoms with Crippen molar-refractivity contribution in [3.8, 4) is 22.6 Å². The zero-order valence-electron chi connectivity index (χ0n) is 16.9. The minimum absolute atomic E-state index is 0.0893. The number of carbonyl (C=O) groups excluding carboxylic acids is 1. The lowest BCUT2D eigenvalue weighted by Crippen LogP contribution is -2.35. The third-order valence-electron chi connectivity index (χ3n) is 5.63. The zero-order chi connectivity index (χ0) is 22.3. The van der Waals surface area contributed by atoms with E-state index in [-0.39, 0.29) is 33.0 Å². The summed E-state index contributed by atoms with van der Waals surface area (Å²) in [5, 5.41) is 11.6. The summed E-state index contributed by atoms with van der Waals surface area (Å²) in [6, 6.07) is 11.1. The first-order valence-electron chi connectivity index (χ1n) is 9.63. The molecule has 31 heavy (non-hydrogen) atoms. The lowest BCUT2D eigenvalue weighted by Gasteiger charge is -2.30. The first-order valence-corrected chi connectivity index (χ1v) is 10.0. The fraction of sp³-hybridized carbons (Fsp3) is 0.217. The lowest BCUT2D eigenvalue weighted by molar-refractivity contribution is -0.0389. The number of nitrogens with two attached hydrogens (primary N) is 1. The molecule has 4 rings (SSSR count). The summed E-state index contributed by atoms with van der Waals surface area (Å²) in [4.78, 5) is 16.5. The molecule has 2 atom stereocenters. The minimum atomic E-state index is -1.23. The van der Waals surface area contributed by atoms with Crippen molar-refractivity contribution in [3.05, 3.63) is 76.3 Å².